The molecular weight excluding hydrogens is 907 g/mol. The summed E-state index contributed by atoms with van der Waals surface area (Å²) in [5, 5.41) is 10.2. The summed E-state index contributed by atoms with van der Waals surface area (Å²) in [6.07, 6.45) is 5.87. The van der Waals surface area contributed by atoms with Crippen molar-refractivity contribution in [1.29, 1.82) is 0 Å². The smallest absolute Gasteiger partial charge is 0.145 e. The van der Waals surface area contributed by atoms with Crippen LogP contribution in [-0.2, 0) is 5.41 Å². The van der Waals surface area contributed by atoms with E-state index < -0.39 is 5.41 Å². The van der Waals surface area contributed by atoms with Gasteiger partial charge in [0, 0.05) is 22.9 Å². The van der Waals surface area contributed by atoms with Gasteiger partial charge in [0.1, 0.15) is 5.82 Å². The van der Waals surface area contributed by atoms with Crippen LogP contribution in [0, 0.1) is 0 Å². The van der Waals surface area contributed by atoms with E-state index in [2.05, 4.69) is 276 Å². The summed E-state index contributed by atoms with van der Waals surface area (Å²) in [4.78, 5) is 7.75. The van der Waals surface area contributed by atoms with E-state index in [4.69, 9.17) is 4.98 Å². The van der Waals surface area contributed by atoms with Gasteiger partial charge in [0.25, 0.3) is 0 Å². The number of benzene rings is 12. The molecule has 75 heavy (non-hydrogen) atoms. The Morgan fingerprint density at radius 1 is 0.427 bits per heavy atom. The van der Waals surface area contributed by atoms with Crippen molar-refractivity contribution < 1.29 is 0 Å². The van der Waals surface area contributed by atoms with Crippen LogP contribution in [0.25, 0.3) is 87.9 Å². The zero-order chi connectivity index (χ0) is 49.2. The first-order valence-electron chi connectivity index (χ1n) is 26.2. The second kappa shape index (κ2) is 16.2. The number of rotatable bonds is 5. The van der Waals surface area contributed by atoms with Crippen molar-refractivity contribution in [3.63, 3.8) is 0 Å². The number of hydrogen-bond acceptors (Lipinski definition) is 2. The molecule has 2 aliphatic carbocycles. The molecule has 0 radical (unpaired) electrons. The van der Waals surface area contributed by atoms with Crippen LogP contribution in [0.4, 0.5) is 17.1 Å². The summed E-state index contributed by atoms with van der Waals surface area (Å²) < 4.78 is 2.28. The van der Waals surface area contributed by atoms with E-state index >= 15 is 0 Å². The summed E-state index contributed by atoms with van der Waals surface area (Å²) in [5.74, 6) is 1.06. The van der Waals surface area contributed by atoms with Crippen molar-refractivity contribution in [2.75, 3.05) is 4.90 Å². The van der Waals surface area contributed by atoms with E-state index in [0.29, 0.717) is 0 Å². The molecule has 0 saturated carbocycles. The molecule has 1 aliphatic heterocycles. The molecule has 1 spiro atoms. The third-order valence-electron chi connectivity index (χ3n) is 16.7. The summed E-state index contributed by atoms with van der Waals surface area (Å²) in [5.41, 5.74) is 19.0. The van der Waals surface area contributed by atoms with Crippen molar-refractivity contribution in [3.05, 3.63) is 300 Å². The molecule has 1 unspecified atom stereocenters. The molecule has 350 valence electrons. The highest BCUT2D eigenvalue weighted by molar-refractivity contribution is 6.13. The first-order valence-corrected chi connectivity index (χ1v) is 26.2. The van der Waals surface area contributed by atoms with Crippen LogP contribution < -0.4 is 4.90 Å². The summed E-state index contributed by atoms with van der Waals surface area (Å²) in [7, 11) is 0. The maximum atomic E-state index is 5.24. The molecule has 12 aromatic carbocycles. The molecular formula is C72H47N3. The molecule has 13 aromatic rings. The van der Waals surface area contributed by atoms with Gasteiger partial charge in [0.15, 0.2) is 0 Å². The molecule has 16 rings (SSSR count). The fourth-order valence-electron chi connectivity index (χ4n) is 13.7. The van der Waals surface area contributed by atoms with Gasteiger partial charge in [-0.05, 0) is 178 Å². The number of hydrogen-bond donors (Lipinski definition) is 0. The van der Waals surface area contributed by atoms with Crippen LogP contribution in [0.5, 0.6) is 0 Å². The van der Waals surface area contributed by atoms with Gasteiger partial charge >= 0.3 is 0 Å². The first-order chi connectivity index (χ1) is 37.2. The fourth-order valence-corrected chi connectivity index (χ4v) is 13.7. The summed E-state index contributed by atoms with van der Waals surface area (Å²) in [6, 6.07) is 94.6. The lowest BCUT2D eigenvalue weighted by molar-refractivity contribution is 0.662. The van der Waals surface area contributed by atoms with Gasteiger partial charge < -0.3 is 4.90 Å². The average molecular weight is 954 g/mol. The van der Waals surface area contributed by atoms with Crippen LogP contribution in [-0.4, -0.2) is 9.55 Å². The number of aromatic nitrogens is 2. The maximum absolute atomic E-state index is 5.24. The Balaban J connectivity index is 0.925. The van der Waals surface area contributed by atoms with E-state index in [1.807, 2.05) is 0 Å². The van der Waals surface area contributed by atoms with Gasteiger partial charge in [-0.15, -0.1) is 0 Å². The molecule has 3 aliphatic rings. The van der Waals surface area contributed by atoms with Crippen molar-refractivity contribution in [3.8, 4) is 28.2 Å². The largest absolute Gasteiger partial charge is 0.310 e. The van der Waals surface area contributed by atoms with Crippen LogP contribution in [0.2, 0.25) is 0 Å². The predicted octanol–water partition coefficient (Wildman–Crippen LogP) is 18.6. The van der Waals surface area contributed by atoms with Crippen LogP contribution in [0.1, 0.15) is 40.2 Å². The van der Waals surface area contributed by atoms with Gasteiger partial charge in [-0.25, -0.2) is 4.98 Å². The Hall–Kier alpha value is -9.57. The highest BCUT2D eigenvalue weighted by atomic mass is 15.2. The molecule has 0 amide bonds. The zero-order valence-electron chi connectivity index (χ0n) is 41.0. The quantitative estimate of drug-likeness (QED) is 0.160. The highest BCUT2D eigenvalue weighted by Gasteiger charge is 2.53. The molecule has 0 N–H and O–H groups in total. The normalized spacial score (nSPS) is 15.3. The molecule has 0 fully saturated rings. The number of fused-ring (bicyclic) bond motifs is 13. The van der Waals surface area contributed by atoms with Crippen LogP contribution >= 0.6 is 0 Å². The van der Waals surface area contributed by atoms with Gasteiger partial charge in [-0.2, -0.15) is 0 Å². The molecule has 1 aromatic heterocycles. The molecule has 0 bridgehead atoms. The van der Waals surface area contributed by atoms with Crippen LogP contribution in [0.15, 0.2) is 273 Å². The second-order valence-corrected chi connectivity index (χ2v) is 20.5. The van der Waals surface area contributed by atoms with Crippen molar-refractivity contribution >= 4 is 76.8 Å². The van der Waals surface area contributed by atoms with Crippen molar-refractivity contribution in [1.82, 2.24) is 9.55 Å². The van der Waals surface area contributed by atoms with Gasteiger partial charge in [-0.3, -0.25) is 4.57 Å². The Bertz CT molecular complexity index is 4420. The second-order valence-electron chi connectivity index (χ2n) is 20.5. The van der Waals surface area contributed by atoms with E-state index in [0.717, 1.165) is 40.2 Å². The maximum Gasteiger partial charge on any atom is 0.145 e. The summed E-state index contributed by atoms with van der Waals surface area (Å²) >= 11 is 0. The van der Waals surface area contributed by atoms with Crippen molar-refractivity contribution in [2.45, 2.75) is 17.8 Å². The Kier molecular flexibility index (Phi) is 9.08. The van der Waals surface area contributed by atoms with Crippen LogP contribution in [0.3, 0.4) is 0 Å². The number of imidazole rings is 1. The molecule has 3 nitrogen and oxygen atoms in total. The minimum absolute atomic E-state index is 0.136. The standard InChI is InChI=1S/C72H47N3/c1-2-22-53(23-3-1)75-68-33-17-14-30-65(68)73-71(75)46-34-38-54(39-35-46)74-66-31-15-12-28-61(66)72(62-29-13-16-32-67(62)74)63-44-51(69-55-24-8-4-18-47(55)42-48-19-5-9-25-56(48)69)36-40-59(63)60-41-37-52(45-64(60)72)70-57-26-10-6-20-49(57)43-50-21-7-11-27-58(50)70/h1-44,52H,45H2. The predicted molar refractivity (Wildman–Crippen MR) is 313 cm³/mol. The first kappa shape index (κ1) is 42.0. The van der Waals surface area contributed by atoms with Gasteiger partial charge in [-0.1, -0.05) is 188 Å². The Morgan fingerprint density at radius 3 is 1.61 bits per heavy atom. The van der Waals surface area contributed by atoms with E-state index in [9.17, 15) is 0 Å². The molecule has 2 heterocycles. The zero-order valence-corrected chi connectivity index (χ0v) is 41.0. The average Bonchev–Trinajstić information content (AvgIpc) is 4.01. The molecule has 1 atom stereocenters. The van der Waals surface area contributed by atoms with Gasteiger partial charge in [0.05, 0.1) is 27.8 Å². The van der Waals surface area contributed by atoms with E-state index in [1.165, 1.54) is 105 Å². The molecule has 0 saturated heterocycles. The number of anilines is 3. The third kappa shape index (κ3) is 6.07. The highest BCUT2D eigenvalue weighted by Crippen LogP contribution is 2.65. The topological polar surface area (TPSA) is 21.1 Å². The number of nitrogens with zero attached hydrogens (tertiary/aromatic N) is 3. The molecule has 3 heteroatoms. The lowest BCUT2D eigenvalue weighted by Gasteiger charge is -2.46. The van der Waals surface area contributed by atoms with Crippen molar-refractivity contribution in [2.24, 2.45) is 0 Å². The lowest BCUT2D eigenvalue weighted by atomic mass is 9.61. The SMILES string of the molecule is C1=CC(c2c3ccccc3cc3ccccc23)CC2=C1c1ccc(-c3c4ccccc4cc4ccccc34)cc1C21c2ccccc2N(c2ccc(-c3nc4ccccc4n3-c3ccccc3)cc2)c2ccccc21. The third-order valence-corrected chi connectivity index (χ3v) is 16.7. The number of allylic oxidation sites excluding steroid dienone is 4. The lowest BCUT2D eigenvalue weighted by Crippen LogP contribution is -2.37. The Morgan fingerprint density at radius 2 is 0.960 bits per heavy atom. The minimum Gasteiger partial charge on any atom is -0.310 e. The Labute approximate surface area is 435 Å². The minimum atomic E-state index is -0.616. The summed E-state index contributed by atoms with van der Waals surface area (Å²) in [6.45, 7) is 0. The van der Waals surface area contributed by atoms with Gasteiger partial charge in [0.2, 0.25) is 0 Å². The monoisotopic (exact) mass is 953 g/mol. The van der Waals surface area contributed by atoms with E-state index in [1.54, 1.807) is 0 Å². The number of para-hydroxylation sites is 5. The fraction of sp³-hybridized carbons (Fsp3) is 0.0417. The van der Waals surface area contributed by atoms with E-state index in [-0.39, 0.29) is 5.92 Å².